The summed E-state index contributed by atoms with van der Waals surface area (Å²) in [7, 11) is 27.9. The van der Waals surface area contributed by atoms with E-state index >= 15 is 0 Å². The number of benzene rings is 2. The molecule has 0 aliphatic carbocycles. The molecule has 0 saturated carbocycles. The third-order valence-electron chi connectivity index (χ3n) is 5.05. The molecule has 4 aromatic rings. The van der Waals surface area contributed by atoms with Gasteiger partial charge in [-0.15, -0.1) is 0 Å². The van der Waals surface area contributed by atoms with Gasteiger partial charge in [-0.05, 0) is 41.2 Å². The molecule has 4 rings (SSSR count). The molecule has 0 unspecified atom stereocenters. The Morgan fingerprint density at radius 3 is 2.22 bits per heavy atom. The minimum Gasteiger partial charge on any atom is -0.515 e. The summed E-state index contributed by atoms with van der Waals surface area (Å²) >= 11 is 0. The third kappa shape index (κ3) is 4.82. The number of sulfonamides is 1. The standard InChI is InChI=1S/C20H15B5N4O6S/c1-32-12-5-3-6-13(33-2)17(12)36(30,31)28-18-16-14(34-20(23,24)25)9-11(10-15(16)35-27-18)19(21,22)29-8-4-7-26-29/h3-10H,1-2H3,(H,27,28). The van der Waals surface area contributed by atoms with Crippen molar-refractivity contribution in [3.63, 3.8) is 0 Å². The first kappa shape index (κ1) is 25.7. The number of anilines is 1. The molecule has 2 heterocycles. The maximum absolute atomic E-state index is 13.4. The molecule has 10 radical (unpaired) electrons. The van der Waals surface area contributed by atoms with Gasteiger partial charge in [-0.1, -0.05) is 11.2 Å². The molecule has 10 nitrogen and oxygen atoms in total. The van der Waals surface area contributed by atoms with Gasteiger partial charge in [0.05, 0.1) is 29.9 Å². The van der Waals surface area contributed by atoms with Crippen LogP contribution in [-0.4, -0.2) is 82.1 Å². The van der Waals surface area contributed by atoms with Gasteiger partial charge < -0.3 is 18.7 Å². The van der Waals surface area contributed by atoms with Crippen molar-refractivity contribution in [1.82, 2.24) is 14.9 Å². The first-order chi connectivity index (χ1) is 16.9. The van der Waals surface area contributed by atoms with E-state index < -0.39 is 20.7 Å². The van der Waals surface area contributed by atoms with E-state index in [0.717, 1.165) is 0 Å². The second kappa shape index (κ2) is 9.23. The molecule has 36 heavy (non-hydrogen) atoms. The topological polar surface area (TPSA) is 118 Å². The number of nitrogens with zero attached hydrogens (tertiary/aromatic N) is 3. The molecule has 0 spiro atoms. The maximum Gasteiger partial charge on any atom is 0.270 e. The molecule has 0 atom stereocenters. The number of fused-ring (bicyclic) bond motifs is 1. The summed E-state index contributed by atoms with van der Waals surface area (Å²) in [6, 6.07) is 8.92. The molecule has 172 valence electrons. The third-order valence-corrected chi connectivity index (χ3v) is 6.46. The first-order valence-corrected chi connectivity index (χ1v) is 11.7. The van der Waals surface area contributed by atoms with Crippen molar-refractivity contribution in [3.05, 3.63) is 54.4 Å². The van der Waals surface area contributed by atoms with Gasteiger partial charge in [-0.2, -0.15) is 5.10 Å². The van der Waals surface area contributed by atoms with E-state index in [1.807, 2.05) is 0 Å². The highest BCUT2D eigenvalue weighted by atomic mass is 32.2. The van der Waals surface area contributed by atoms with Crippen LogP contribution < -0.4 is 18.9 Å². The number of hydrogen-bond donors (Lipinski definition) is 1. The molecule has 0 aliphatic rings. The van der Waals surface area contributed by atoms with Crippen LogP contribution in [0, 0.1) is 0 Å². The quantitative estimate of drug-likeness (QED) is 0.332. The van der Waals surface area contributed by atoms with Crippen LogP contribution in [0.5, 0.6) is 17.2 Å². The van der Waals surface area contributed by atoms with Crippen molar-refractivity contribution in [2.45, 2.75) is 15.5 Å². The Morgan fingerprint density at radius 2 is 1.67 bits per heavy atom. The van der Waals surface area contributed by atoms with Crippen LogP contribution >= 0.6 is 0 Å². The fourth-order valence-corrected chi connectivity index (χ4v) is 4.82. The summed E-state index contributed by atoms with van der Waals surface area (Å²) < 4.78 is 51.6. The Labute approximate surface area is 214 Å². The van der Waals surface area contributed by atoms with Crippen molar-refractivity contribution in [1.29, 1.82) is 0 Å². The van der Waals surface area contributed by atoms with Crippen LogP contribution in [0.25, 0.3) is 11.0 Å². The molecule has 0 saturated heterocycles. The minimum atomic E-state index is -4.33. The van der Waals surface area contributed by atoms with Crippen molar-refractivity contribution < 1.29 is 27.2 Å². The summed E-state index contributed by atoms with van der Waals surface area (Å²) in [4.78, 5) is -0.266. The zero-order valence-electron chi connectivity index (χ0n) is 19.2. The fourth-order valence-electron chi connectivity index (χ4n) is 3.49. The van der Waals surface area contributed by atoms with Gasteiger partial charge in [-0.25, -0.2) is 8.42 Å². The molecule has 2 aromatic heterocycles. The van der Waals surface area contributed by atoms with Crippen LogP contribution in [-0.2, 0) is 15.4 Å². The number of nitrogens with one attached hydrogen (secondary N) is 1. The van der Waals surface area contributed by atoms with Gasteiger partial charge in [0.2, 0.25) is 0 Å². The van der Waals surface area contributed by atoms with E-state index in [9.17, 15) is 8.42 Å². The molecule has 0 fully saturated rings. The summed E-state index contributed by atoms with van der Waals surface area (Å²) in [5, 5.41) is 4.10. The summed E-state index contributed by atoms with van der Waals surface area (Å²) in [6.07, 6.45) is 3.03. The second-order valence-electron chi connectivity index (χ2n) is 7.71. The van der Waals surface area contributed by atoms with Crippen LogP contribution in [0.2, 0.25) is 0 Å². The lowest BCUT2D eigenvalue weighted by Gasteiger charge is -2.29. The number of ether oxygens (including phenoxy) is 3. The van der Waals surface area contributed by atoms with Gasteiger partial charge in [0, 0.05) is 17.7 Å². The number of rotatable bonds is 9. The largest absolute Gasteiger partial charge is 0.515 e. The monoisotopic (exact) mass is 494 g/mol. The zero-order valence-corrected chi connectivity index (χ0v) is 20.0. The van der Waals surface area contributed by atoms with Crippen molar-refractivity contribution >= 4 is 66.0 Å². The number of methoxy groups -OCH3 is 2. The van der Waals surface area contributed by atoms with Crippen molar-refractivity contribution in [2.24, 2.45) is 0 Å². The van der Waals surface area contributed by atoms with E-state index in [1.165, 1.54) is 49.4 Å². The Morgan fingerprint density at radius 1 is 1.00 bits per heavy atom. The number of hydrogen-bond acceptors (Lipinski definition) is 8. The lowest BCUT2D eigenvalue weighted by atomic mass is 9.52. The summed E-state index contributed by atoms with van der Waals surface area (Å²) in [6.45, 7) is 0. The molecular weight excluding hydrogens is 478 g/mol. The Bertz CT molecular complexity index is 1480. The second-order valence-corrected chi connectivity index (χ2v) is 9.33. The summed E-state index contributed by atoms with van der Waals surface area (Å²) in [5.41, 5.74) is 0.263. The highest BCUT2D eigenvalue weighted by Gasteiger charge is 2.30. The van der Waals surface area contributed by atoms with Gasteiger partial charge in [-0.3, -0.25) is 9.40 Å². The molecule has 2 aromatic carbocycles. The van der Waals surface area contributed by atoms with E-state index in [2.05, 4.69) is 15.0 Å². The predicted molar refractivity (Wildman–Crippen MR) is 136 cm³/mol. The van der Waals surface area contributed by atoms with Crippen molar-refractivity contribution in [2.75, 3.05) is 18.9 Å². The average Bonchev–Trinajstić information content (AvgIpc) is 3.48. The fraction of sp³-hybridized carbons (Fsp3) is 0.200. The predicted octanol–water partition coefficient (Wildman–Crippen LogP) is 0.333. The Kier molecular flexibility index (Phi) is 6.59. The van der Waals surface area contributed by atoms with Gasteiger partial charge >= 0.3 is 0 Å². The smallest absolute Gasteiger partial charge is 0.270 e. The zero-order chi connectivity index (χ0) is 26.3. The highest BCUT2D eigenvalue weighted by Crippen LogP contribution is 2.40. The number of aromatic nitrogens is 3. The van der Waals surface area contributed by atoms with Gasteiger partial charge in [0.25, 0.3) is 10.0 Å². The molecule has 0 aliphatic heterocycles. The molecule has 16 heteroatoms. The molecule has 0 amide bonds. The van der Waals surface area contributed by atoms with E-state index in [4.69, 9.17) is 58.0 Å². The van der Waals surface area contributed by atoms with E-state index in [0.29, 0.717) is 0 Å². The average molecular weight is 493 g/mol. The van der Waals surface area contributed by atoms with Gasteiger partial charge in [0.15, 0.2) is 16.3 Å². The summed E-state index contributed by atoms with van der Waals surface area (Å²) in [5.74, 6) is -0.307. The van der Waals surface area contributed by atoms with E-state index in [-0.39, 0.29) is 44.5 Å². The van der Waals surface area contributed by atoms with Crippen LogP contribution in [0.15, 0.2) is 58.2 Å². The molecular formula is C20H15B5N4O6S. The lowest BCUT2D eigenvalue weighted by molar-refractivity contribution is 0.322. The van der Waals surface area contributed by atoms with E-state index in [1.54, 1.807) is 18.3 Å². The van der Waals surface area contributed by atoms with Crippen LogP contribution in [0.3, 0.4) is 0 Å². The minimum absolute atomic E-state index is 0.0314. The SMILES string of the molecule is [B]C([B])([B])Oc1cc(C([B])([B])n2cccn2)cc2onc(NS(=O)(=O)c3c(OC)cccc3OC)c12. The van der Waals surface area contributed by atoms with Crippen LogP contribution in [0.1, 0.15) is 5.56 Å². The first-order valence-electron chi connectivity index (χ1n) is 10.2. The highest BCUT2D eigenvalue weighted by molar-refractivity contribution is 7.93. The van der Waals surface area contributed by atoms with Crippen molar-refractivity contribution in [3.8, 4) is 17.2 Å². The lowest BCUT2D eigenvalue weighted by Crippen LogP contribution is -2.38. The van der Waals surface area contributed by atoms with Gasteiger partial charge in [0.1, 0.15) is 46.2 Å². The normalized spacial score (nSPS) is 12.4. The maximum atomic E-state index is 13.4. The molecule has 0 bridgehead atoms. The Hall–Kier alpha value is -3.41. The van der Waals surface area contributed by atoms with Crippen LogP contribution in [0.4, 0.5) is 5.82 Å². The Balaban J connectivity index is 1.87. The molecule has 1 N–H and O–H groups in total.